The lowest BCUT2D eigenvalue weighted by molar-refractivity contribution is -0.150. The van der Waals surface area contributed by atoms with Crippen LogP contribution in [-0.4, -0.2) is 37.4 Å². The fourth-order valence-electron chi connectivity index (χ4n) is 2.36. The van der Waals surface area contributed by atoms with Gasteiger partial charge in [0.15, 0.2) is 13.2 Å². The molecule has 0 N–H and O–H groups in total. The van der Waals surface area contributed by atoms with Gasteiger partial charge in [-0.05, 0) is 39.8 Å². The number of ether oxygens (including phenoxy) is 4. The van der Waals surface area contributed by atoms with Gasteiger partial charge in [0, 0.05) is 10.8 Å². The number of fused-ring (bicyclic) bond motifs is 1. The Labute approximate surface area is 153 Å². The molecule has 0 radical (unpaired) electrons. The first kappa shape index (κ1) is 19.6. The van der Waals surface area contributed by atoms with Crippen LogP contribution in [0.15, 0.2) is 36.4 Å². The van der Waals surface area contributed by atoms with E-state index in [9.17, 15) is 9.59 Å². The molecule has 0 fully saturated rings. The quantitative estimate of drug-likeness (QED) is 0.671. The van der Waals surface area contributed by atoms with E-state index >= 15 is 0 Å². The van der Waals surface area contributed by atoms with E-state index in [0.29, 0.717) is 11.5 Å². The van der Waals surface area contributed by atoms with Gasteiger partial charge in [-0.3, -0.25) is 0 Å². The SMILES string of the molecule is CC(C)OC(=O)COc1ccc(OCC(=O)OC(C)C)c2ccccc12. The van der Waals surface area contributed by atoms with Crippen LogP contribution in [0.5, 0.6) is 11.5 Å². The first-order valence-electron chi connectivity index (χ1n) is 8.53. The maximum atomic E-state index is 11.7. The Hall–Kier alpha value is -2.76. The van der Waals surface area contributed by atoms with Gasteiger partial charge in [0.2, 0.25) is 0 Å². The van der Waals surface area contributed by atoms with E-state index in [4.69, 9.17) is 18.9 Å². The van der Waals surface area contributed by atoms with Crippen molar-refractivity contribution in [2.24, 2.45) is 0 Å². The number of benzene rings is 2. The average Bonchev–Trinajstić information content (AvgIpc) is 2.57. The van der Waals surface area contributed by atoms with Crippen LogP contribution >= 0.6 is 0 Å². The largest absolute Gasteiger partial charge is 0.481 e. The number of hydrogen-bond donors (Lipinski definition) is 0. The Morgan fingerprint density at radius 2 is 1.12 bits per heavy atom. The molecule has 0 unspecified atom stereocenters. The maximum Gasteiger partial charge on any atom is 0.344 e. The van der Waals surface area contributed by atoms with Gasteiger partial charge >= 0.3 is 11.9 Å². The molecule has 26 heavy (non-hydrogen) atoms. The van der Waals surface area contributed by atoms with Crippen LogP contribution < -0.4 is 9.47 Å². The molecule has 2 rings (SSSR count). The van der Waals surface area contributed by atoms with Crippen LogP contribution in [0.4, 0.5) is 0 Å². The molecule has 0 aliphatic heterocycles. The minimum Gasteiger partial charge on any atom is -0.481 e. The summed E-state index contributed by atoms with van der Waals surface area (Å²) in [6.07, 6.45) is -0.381. The summed E-state index contributed by atoms with van der Waals surface area (Å²) in [5, 5.41) is 1.55. The van der Waals surface area contributed by atoms with Crippen molar-refractivity contribution >= 4 is 22.7 Å². The minimum atomic E-state index is -0.430. The maximum absolute atomic E-state index is 11.7. The molecule has 0 aliphatic carbocycles. The predicted octanol–water partition coefficient (Wildman–Crippen LogP) is 3.50. The van der Waals surface area contributed by atoms with Gasteiger partial charge < -0.3 is 18.9 Å². The molecule has 0 amide bonds. The Bertz CT molecular complexity index is 701. The van der Waals surface area contributed by atoms with Crippen molar-refractivity contribution in [2.75, 3.05) is 13.2 Å². The summed E-state index contributed by atoms with van der Waals surface area (Å²) in [4.78, 5) is 23.3. The number of esters is 2. The monoisotopic (exact) mass is 360 g/mol. The molecule has 0 saturated heterocycles. The van der Waals surface area contributed by atoms with Crippen LogP contribution in [0.25, 0.3) is 10.8 Å². The molecular weight excluding hydrogens is 336 g/mol. The highest BCUT2D eigenvalue weighted by atomic mass is 16.6. The van der Waals surface area contributed by atoms with E-state index < -0.39 is 11.9 Å². The zero-order chi connectivity index (χ0) is 19.1. The Morgan fingerprint density at radius 3 is 1.46 bits per heavy atom. The van der Waals surface area contributed by atoms with Crippen molar-refractivity contribution in [3.05, 3.63) is 36.4 Å². The van der Waals surface area contributed by atoms with E-state index in [1.807, 2.05) is 24.3 Å². The van der Waals surface area contributed by atoms with Crippen molar-refractivity contribution in [1.82, 2.24) is 0 Å². The van der Waals surface area contributed by atoms with Gasteiger partial charge in [-0.15, -0.1) is 0 Å². The molecule has 6 heteroatoms. The number of carbonyl (C=O) groups excluding carboxylic acids is 2. The van der Waals surface area contributed by atoms with Gasteiger partial charge in [0.05, 0.1) is 12.2 Å². The molecule has 0 bridgehead atoms. The molecule has 0 aromatic heterocycles. The fraction of sp³-hybridized carbons (Fsp3) is 0.400. The van der Waals surface area contributed by atoms with Crippen LogP contribution in [0.3, 0.4) is 0 Å². The third kappa shape index (κ3) is 5.65. The van der Waals surface area contributed by atoms with Crippen molar-refractivity contribution in [2.45, 2.75) is 39.9 Å². The highest BCUT2D eigenvalue weighted by Crippen LogP contribution is 2.33. The molecule has 0 heterocycles. The lowest BCUT2D eigenvalue weighted by atomic mass is 10.1. The summed E-state index contributed by atoms with van der Waals surface area (Å²) in [5.74, 6) is 0.221. The predicted molar refractivity (Wildman–Crippen MR) is 97.4 cm³/mol. The summed E-state index contributed by atoms with van der Waals surface area (Å²) >= 11 is 0. The van der Waals surface area contributed by atoms with Crippen molar-refractivity contribution in [3.8, 4) is 11.5 Å². The van der Waals surface area contributed by atoms with Gasteiger partial charge in [-0.1, -0.05) is 24.3 Å². The molecule has 0 aliphatic rings. The Morgan fingerprint density at radius 1 is 0.731 bits per heavy atom. The lowest BCUT2D eigenvalue weighted by Crippen LogP contribution is -2.19. The highest BCUT2D eigenvalue weighted by molar-refractivity contribution is 5.93. The third-order valence-electron chi connectivity index (χ3n) is 3.27. The average molecular weight is 360 g/mol. The van der Waals surface area contributed by atoms with E-state index in [1.54, 1.807) is 39.8 Å². The van der Waals surface area contributed by atoms with Gasteiger partial charge in [-0.25, -0.2) is 9.59 Å². The van der Waals surface area contributed by atoms with Crippen LogP contribution in [-0.2, 0) is 19.1 Å². The standard InChI is InChI=1S/C20H24O6/c1-13(2)25-19(21)11-23-17-9-10-18(16-8-6-5-7-15(16)17)24-12-20(22)26-14(3)4/h5-10,13-14H,11-12H2,1-4H3. The second-order valence-electron chi connectivity index (χ2n) is 6.26. The third-order valence-corrected chi connectivity index (χ3v) is 3.27. The molecule has 2 aromatic rings. The second-order valence-corrected chi connectivity index (χ2v) is 6.26. The van der Waals surface area contributed by atoms with E-state index in [2.05, 4.69) is 0 Å². The fourth-order valence-corrected chi connectivity index (χ4v) is 2.36. The summed E-state index contributed by atoms with van der Waals surface area (Å²) in [6, 6.07) is 10.8. The lowest BCUT2D eigenvalue weighted by Gasteiger charge is -2.14. The van der Waals surface area contributed by atoms with Gasteiger partial charge in [0.1, 0.15) is 11.5 Å². The van der Waals surface area contributed by atoms with Crippen LogP contribution in [0, 0.1) is 0 Å². The summed E-state index contributed by atoms with van der Waals surface area (Å²) in [7, 11) is 0. The number of carbonyl (C=O) groups is 2. The summed E-state index contributed by atoms with van der Waals surface area (Å²) in [5.41, 5.74) is 0. The van der Waals surface area contributed by atoms with E-state index in [0.717, 1.165) is 10.8 Å². The molecule has 2 aromatic carbocycles. The molecular formula is C20H24O6. The Balaban J connectivity index is 2.12. The van der Waals surface area contributed by atoms with Crippen molar-refractivity contribution in [1.29, 1.82) is 0 Å². The van der Waals surface area contributed by atoms with Gasteiger partial charge in [0.25, 0.3) is 0 Å². The minimum absolute atomic E-state index is 0.177. The molecule has 0 spiro atoms. The zero-order valence-electron chi connectivity index (χ0n) is 15.5. The second kappa shape index (κ2) is 9.08. The molecule has 140 valence electrons. The smallest absolute Gasteiger partial charge is 0.344 e. The number of rotatable bonds is 8. The first-order valence-corrected chi connectivity index (χ1v) is 8.53. The van der Waals surface area contributed by atoms with Crippen LogP contribution in [0.1, 0.15) is 27.7 Å². The van der Waals surface area contributed by atoms with Crippen molar-refractivity contribution in [3.63, 3.8) is 0 Å². The Kier molecular flexibility index (Phi) is 6.83. The zero-order valence-corrected chi connectivity index (χ0v) is 15.5. The summed E-state index contributed by atoms with van der Waals surface area (Å²) in [6.45, 7) is 6.77. The topological polar surface area (TPSA) is 71.1 Å². The first-order chi connectivity index (χ1) is 12.4. The normalized spacial score (nSPS) is 10.8. The van der Waals surface area contributed by atoms with E-state index in [-0.39, 0.29) is 25.4 Å². The van der Waals surface area contributed by atoms with E-state index in [1.165, 1.54) is 0 Å². The number of hydrogen-bond acceptors (Lipinski definition) is 6. The van der Waals surface area contributed by atoms with Gasteiger partial charge in [-0.2, -0.15) is 0 Å². The molecule has 0 atom stereocenters. The van der Waals surface area contributed by atoms with Crippen LogP contribution in [0.2, 0.25) is 0 Å². The van der Waals surface area contributed by atoms with Crippen molar-refractivity contribution < 1.29 is 28.5 Å². The molecule has 6 nitrogen and oxygen atoms in total. The highest BCUT2D eigenvalue weighted by Gasteiger charge is 2.13. The molecule has 0 saturated carbocycles. The summed E-state index contributed by atoms with van der Waals surface area (Å²) < 4.78 is 21.3.